The Balaban J connectivity index is 0.00000152. The minimum atomic E-state index is 0. The van der Waals surface area contributed by atoms with Crippen molar-refractivity contribution in [2.24, 2.45) is 23.5 Å². The molecule has 2 saturated carbocycles. The van der Waals surface area contributed by atoms with E-state index in [1.54, 1.807) is 7.11 Å². The maximum Gasteiger partial charge on any atom is 0.123 e. The number of benzene rings is 3. The van der Waals surface area contributed by atoms with Gasteiger partial charge in [0.2, 0.25) is 0 Å². The summed E-state index contributed by atoms with van der Waals surface area (Å²) in [6.07, 6.45) is 5.25. The van der Waals surface area contributed by atoms with E-state index in [9.17, 15) is 0 Å². The lowest BCUT2D eigenvalue weighted by atomic mass is 9.79. The second-order valence-electron chi connectivity index (χ2n) is 10.6. The van der Waals surface area contributed by atoms with E-state index in [2.05, 4.69) is 89.8 Å². The van der Waals surface area contributed by atoms with Crippen molar-refractivity contribution in [2.75, 3.05) is 7.11 Å². The fourth-order valence-corrected chi connectivity index (χ4v) is 7.38. The van der Waals surface area contributed by atoms with Gasteiger partial charge in [-0.1, -0.05) is 85.3 Å². The van der Waals surface area contributed by atoms with Crippen LogP contribution in [0.5, 0.6) is 5.75 Å². The van der Waals surface area contributed by atoms with Crippen molar-refractivity contribution >= 4 is 24.8 Å². The van der Waals surface area contributed by atoms with Crippen molar-refractivity contribution in [3.05, 3.63) is 102 Å². The van der Waals surface area contributed by atoms with Gasteiger partial charge in [0.25, 0.3) is 0 Å². The van der Waals surface area contributed by atoms with E-state index >= 15 is 0 Å². The van der Waals surface area contributed by atoms with Crippen molar-refractivity contribution in [3.63, 3.8) is 0 Å². The molecule has 3 fully saturated rings. The van der Waals surface area contributed by atoms with E-state index in [1.807, 2.05) is 0 Å². The number of hydrogen-bond donors (Lipinski definition) is 1. The summed E-state index contributed by atoms with van der Waals surface area (Å²) in [5.74, 6) is 3.52. The van der Waals surface area contributed by atoms with Gasteiger partial charge in [-0.25, -0.2) is 0 Å². The highest BCUT2D eigenvalue weighted by Gasteiger charge is 2.60. The molecule has 3 nitrogen and oxygen atoms in total. The van der Waals surface area contributed by atoms with E-state index in [-0.39, 0.29) is 42.8 Å². The fourth-order valence-electron chi connectivity index (χ4n) is 7.38. The Morgan fingerprint density at radius 1 is 0.833 bits per heavy atom. The molecular weight excluding hydrogens is 487 g/mol. The number of halogens is 2. The molecule has 1 saturated heterocycles. The molecule has 2 aliphatic carbocycles. The monoisotopic (exact) mass is 524 g/mol. The molecule has 3 aromatic rings. The molecular formula is C31H38Cl2N2O. The van der Waals surface area contributed by atoms with Crippen LogP contribution in [-0.4, -0.2) is 30.1 Å². The van der Waals surface area contributed by atoms with E-state index in [0.29, 0.717) is 12.0 Å². The van der Waals surface area contributed by atoms with Crippen LogP contribution in [0.1, 0.15) is 48.3 Å². The van der Waals surface area contributed by atoms with Gasteiger partial charge < -0.3 is 10.5 Å². The maximum absolute atomic E-state index is 7.34. The summed E-state index contributed by atoms with van der Waals surface area (Å²) in [6.45, 7) is 0.882. The van der Waals surface area contributed by atoms with E-state index in [4.69, 9.17) is 10.5 Å². The number of para-hydroxylation sites is 1. The lowest BCUT2D eigenvalue weighted by Gasteiger charge is -2.44. The minimum absolute atomic E-state index is 0. The molecule has 192 valence electrons. The Bertz CT molecular complexity index is 1070. The summed E-state index contributed by atoms with van der Waals surface area (Å²) < 4.78 is 5.79. The molecule has 3 aliphatic rings. The minimum Gasteiger partial charge on any atom is -0.496 e. The van der Waals surface area contributed by atoms with Gasteiger partial charge in [-0.2, -0.15) is 0 Å². The number of nitrogens with zero attached hydrogens (tertiary/aromatic N) is 1. The number of likely N-dealkylation sites (tertiary alicyclic amines) is 1. The van der Waals surface area contributed by atoms with Crippen LogP contribution in [0.3, 0.4) is 0 Å². The molecule has 6 atom stereocenters. The number of hydrogen-bond acceptors (Lipinski definition) is 3. The molecule has 3 aromatic carbocycles. The number of rotatable bonds is 6. The third kappa shape index (κ3) is 4.91. The zero-order chi connectivity index (χ0) is 23.1. The van der Waals surface area contributed by atoms with Crippen molar-refractivity contribution in [2.45, 2.75) is 56.3 Å². The molecule has 6 unspecified atom stereocenters. The molecule has 36 heavy (non-hydrogen) atoms. The topological polar surface area (TPSA) is 38.5 Å². The predicted octanol–water partition coefficient (Wildman–Crippen LogP) is 6.69. The number of methoxy groups -OCH3 is 1. The van der Waals surface area contributed by atoms with E-state index in [1.165, 1.54) is 42.4 Å². The number of fused-ring (bicyclic) bond motifs is 2. The second kappa shape index (κ2) is 11.6. The standard InChI is InChI=1S/C31H36N2O.2ClH/c1-34-27-18-9-8-15-23(27)20-33-24-16-10-17-25-26(19-24)29(25)30(32)31(33)28(21-11-4-2-5-12-21)22-13-6-3-7-14-22;;/h2-9,11-15,18,24-26,28-31H,10,16-17,19-20,32H2,1H3;2*1H. The van der Waals surface area contributed by atoms with E-state index < -0.39 is 0 Å². The highest BCUT2D eigenvalue weighted by atomic mass is 35.5. The lowest BCUT2D eigenvalue weighted by Crippen LogP contribution is -2.54. The average Bonchev–Trinajstić information content (AvgIpc) is 3.62. The average molecular weight is 526 g/mol. The van der Waals surface area contributed by atoms with Crippen molar-refractivity contribution < 1.29 is 4.74 Å². The third-order valence-corrected chi connectivity index (χ3v) is 8.91. The van der Waals surface area contributed by atoms with Crippen LogP contribution >= 0.6 is 24.8 Å². The van der Waals surface area contributed by atoms with Crippen LogP contribution in [0, 0.1) is 17.8 Å². The normalized spacial score (nSPS) is 28.8. The van der Waals surface area contributed by atoms with Crippen molar-refractivity contribution in [3.8, 4) is 5.75 Å². The van der Waals surface area contributed by atoms with Crippen LogP contribution in [0.2, 0.25) is 0 Å². The van der Waals surface area contributed by atoms with Gasteiger partial charge in [0, 0.05) is 36.2 Å². The van der Waals surface area contributed by atoms with Crippen molar-refractivity contribution in [1.29, 1.82) is 0 Å². The first kappa shape index (κ1) is 27.0. The highest BCUT2D eigenvalue weighted by Crippen LogP contribution is 2.60. The summed E-state index contributed by atoms with van der Waals surface area (Å²) in [6, 6.07) is 31.6. The van der Waals surface area contributed by atoms with Gasteiger partial charge in [0.1, 0.15) is 5.75 Å². The maximum atomic E-state index is 7.34. The first-order valence-corrected chi connectivity index (χ1v) is 13.0. The summed E-state index contributed by atoms with van der Waals surface area (Å²) in [5.41, 5.74) is 11.3. The summed E-state index contributed by atoms with van der Waals surface area (Å²) >= 11 is 0. The Morgan fingerprint density at radius 3 is 2.08 bits per heavy atom. The van der Waals surface area contributed by atoms with Gasteiger partial charge >= 0.3 is 0 Å². The van der Waals surface area contributed by atoms with Crippen molar-refractivity contribution in [1.82, 2.24) is 4.90 Å². The summed E-state index contributed by atoms with van der Waals surface area (Å²) in [5, 5.41) is 0. The van der Waals surface area contributed by atoms with Crippen LogP contribution in [-0.2, 0) is 6.54 Å². The van der Waals surface area contributed by atoms with Crippen LogP contribution in [0.15, 0.2) is 84.9 Å². The molecule has 0 spiro atoms. The van der Waals surface area contributed by atoms with Crippen LogP contribution in [0.4, 0.5) is 0 Å². The molecule has 2 bridgehead atoms. The summed E-state index contributed by atoms with van der Waals surface area (Å²) in [7, 11) is 1.78. The number of nitrogens with two attached hydrogens (primary N) is 1. The SMILES string of the molecule is COc1ccccc1CN1C2CCCC3C(C2)C3C(N)C1C(c1ccccc1)c1ccccc1.Cl.Cl. The fraction of sp³-hybridized carbons (Fsp3) is 0.419. The van der Waals surface area contributed by atoms with E-state index in [0.717, 1.165) is 24.1 Å². The molecule has 2 N–H and O–H groups in total. The summed E-state index contributed by atoms with van der Waals surface area (Å²) in [4.78, 5) is 2.79. The first-order valence-electron chi connectivity index (χ1n) is 13.0. The zero-order valence-corrected chi connectivity index (χ0v) is 22.5. The lowest BCUT2D eigenvalue weighted by molar-refractivity contribution is 0.0906. The molecule has 1 heterocycles. The van der Waals surface area contributed by atoms with Crippen LogP contribution < -0.4 is 10.5 Å². The van der Waals surface area contributed by atoms with Gasteiger partial charge in [-0.3, -0.25) is 4.90 Å². The van der Waals surface area contributed by atoms with Crippen LogP contribution in [0.25, 0.3) is 0 Å². The molecule has 0 aromatic heterocycles. The van der Waals surface area contributed by atoms with Gasteiger partial charge in [-0.15, -0.1) is 24.8 Å². The molecule has 6 rings (SSSR count). The quantitative estimate of drug-likeness (QED) is 0.390. The smallest absolute Gasteiger partial charge is 0.123 e. The largest absolute Gasteiger partial charge is 0.496 e. The van der Waals surface area contributed by atoms with Gasteiger partial charge in [-0.05, 0) is 54.2 Å². The Morgan fingerprint density at radius 2 is 1.44 bits per heavy atom. The molecule has 1 aliphatic heterocycles. The highest BCUT2D eigenvalue weighted by molar-refractivity contribution is 5.85. The van der Waals surface area contributed by atoms with Gasteiger partial charge in [0.05, 0.1) is 7.11 Å². The molecule has 0 radical (unpaired) electrons. The van der Waals surface area contributed by atoms with Gasteiger partial charge in [0.15, 0.2) is 0 Å². The zero-order valence-electron chi connectivity index (χ0n) is 20.9. The Labute approximate surface area is 228 Å². The predicted molar refractivity (Wildman–Crippen MR) is 152 cm³/mol. The second-order valence-corrected chi connectivity index (χ2v) is 10.6. The molecule has 5 heteroatoms. The third-order valence-electron chi connectivity index (χ3n) is 8.91. The Hall–Kier alpha value is -2.04. The Kier molecular flexibility index (Phi) is 8.67. The molecule has 0 amide bonds. The number of ether oxygens (including phenoxy) is 1. The first-order chi connectivity index (χ1) is 16.8.